The Balaban J connectivity index is 1.90. The third kappa shape index (κ3) is 4.20. The van der Waals surface area contributed by atoms with E-state index < -0.39 is 18.2 Å². The molecular weight excluding hydrogens is 297 g/mol. The summed E-state index contributed by atoms with van der Waals surface area (Å²) in [5.74, 6) is -0.981. The van der Waals surface area contributed by atoms with E-state index in [1.807, 2.05) is 11.0 Å². The van der Waals surface area contributed by atoms with Crippen molar-refractivity contribution in [1.29, 1.82) is 0 Å². The third-order valence-electron chi connectivity index (χ3n) is 4.01. The number of rotatable bonds is 4. The maximum atomic E-state index is 12.7. The lowest BCUT2D eigenvalue weighted by molar-refractivity contribution is -0.182. The van der Waals surface area contributed by atoms with E-state index in [9.17, 15) is 18.0 Å². The van der Waals surface area contributed by atoms with Crippen LogP contribution in [0.4, 0.5) is 13.2 Å². The van der Waals surface area contributed by atoms with Crippen molar-refractivity contribution in [3.63, 3.8) is 0 Å². The van der Waals surface area contributed by atoms with Crippen molar-refractivity contribution in [2.24, 2.45) is 0 Å². The van der Waals surface area contributed by atoms with Crippen LogP contribution in [0.2, 0.25) is 0 Å². The Kier molecular flexibility index (Phi) is 5.08. The van der Waals surface area contributed by atoms with Gasteiger partial charge in [-0.2, -0.15) is 13.2 Å². The molecule has 1 aromatic carbocycles. The smallest absolute Gasteiger partial charge is 0.403 e. The van der Waals surface area contributed by atoms with Crippen LogP contribution in [0, 0.1) is 0 Å². The number of hydrogen-bond donors (Lipinski definition) is 1. The lowest BCUT2D eigenvalue weighted by Crippen LogP contribution is -2.53. The molecule has 1 unspecified atom stereocenters. The second kappa shape index (κ2) is 6.66. The second-order valence-corrected chi connectivity index (χ2v) is 5.54. The maximum Gasteiger partial charge on any atom is 0.403 e. The molecule has 1 heterocycles. The summed E-state index contributed by atoms with van der Waals surface area (Å²) < 4.78 is 38.1. The van der Waals surface area contributed by atoms with Gasteiger partial charge >= 0.3 is 12.1 Å². The van der Waals surface area contributed by atoms with Crippen LogP contribution in [0.15, 0.2) is 24.3 Å². The van der Waals surface area contributed by atoms with E-state index >= 15 is 0 Å². The minimum Gasteiger partial charge on any atom is -0.478 e. The van der Waals surface area contributed by atoms with E-state index in [1.54, 1.807) is 12.1 Å². The van der Waals surface area contributed by atoms with Gasteiger partial charge in [0, 0.05) is 32.7 Å². The Morgan fingerprint density at radius 2 is 1.91 bits per heavy atom. The van der Waals surface area contributed by atoms with Crippen LogP contribution in [0.25, 0.3) is 0 Å². The quantitative estimate of drug-likeness (QED) is 0.927. The molecule has 7 heteroatoms. The van der Waals surface area contributed by atoms with Crippen molar-refractivity contribution in [2.45, 2.75) is 25.7 Å². The first-order valence-electron chi connectivity index (χ1n) is 7.12. The fourth-order valence-electron chi connectivity index (χ4n) is 2.58. The Labute approximate surface area is 127 Å². The average molecular weight is 316 g/mol. The SMILES string of the molecule is CC(N1CCN(Cc2cccc(C(=O)O)c2)CC1)C(F)(F)F. The fraction of sp³-hybridized carbons (Fsp3) is 0.533. The highest BCUT2D eigenvalue weighted by Crippen LogP contribution is 2.25. The van der Waals surface area contributed by atoms with Crippen LogP contribution in [0.1, 0.15) is 22.8 Å². The van der Waals surface area contributed by atoms with E-state index in [0.29, 0.717) is 32.7 Å². The van der Waals surface area contributed by atoms with E-state index in [4.69, 9.17) is 5.11 Å². The molecule has 2 rings (SSSR count). The highest BCUT2D eigenvalue weighted by molar-refractivity contribution is 5.87. The van der Waals surface area contributed by atoms with Crippen LogP contribution in [-0.4, -0.2) is 59.3 Å². The van der Waals surface area contributed by atoms with Crippen molar-refractivity contribution in [1.82, 2.24) is 9.80 Å². The third-order valence-corrected chi connectivity index (χ3v) is 4.01. The molecule has 0 radical (unpaired) electrons. The van der Waals surface area contributed by atoms with Gasteiger partial charge < -0.3 is 5.11 Å². The summed E-state index contributed by atoms with van der Waals surface area (Å²) in [6.45, 7) is 3.54. The molecule has 0 aliphatic carbocycles. The predicted octanol–water partition coefficient (Wildman–Crippen LogP) is 2.45. The summed E-state index contributed by atoms with van der Waals surface area (Å²) in [6, 6.07) is 5.21. The number of aromatic carboxylic acids is 1. The van der Waals surface area contributed by atoms with E-state index in [1.165, 1.54) is 17.9 Å². The first kappa shape index (κ1) is 16.8. The predicted molar refractivity (Wildman–Crippen MR) is 75.8 cm³/mol. The number of benzene rings is 1. The van der Waals surface area contributed by atoms with Gasteiger partial charge in [0.25, 0.3) is 0 Å². The van der Waals surface area contributed by atoms with Crippen LogP contribution >= 0.6 is 0 Å². The van der Waals surface area contributed by atoms with E-state index in [-0.39, 0.29) is 5.56 Å². The van der Waals surface area contributed by atoms with Crippen LogP contribution in [0.5, 0.6) is 0 Å². The van der Waals surface area contributed by atoms with Crippen molar-refractivity contribution in [2.75, 3.05) is 26.2 Å². The van der Waals surface area contributed by atoms with Gasteiger partial charge in [-0.3, -0.25) is 9.80 Å². The molecule has 122 valence electrons. The van der Waals surface area contributed by atoms with Gasteiger partial charge in [0.05, 0.1) is 5.56 Å². The van der Waals surface area contributed by atoms with Gasteiger partial charge in [0.2, 0.25) is 0 Å². The summed E-state index contributed by atoms with van der Waals surface area (Å²) in [4.78, 5) is 14.4. The minimum atomic E-state index is -4.20. The Hall–Kier alpha value is -1.60. The van der Waals surface area contributed by atoms with Crippen molar-refractivity contribution >= 4 is 5.97 Å². The molecule has 1 N–H and O–H groups in total. The lowest BCUT2D eigenvalue weighted by atomic mass is 10.1. The zero-order chi connectivity index (χ0) is 16.3. The topological polar surface area (TPSA) is 43.8 Å². The first-order chi connectivity index (χ1) is 10.3. The highest BCUT2D eigenvalue weighted by Gasteiger charge is 2.40. The number of piperazine rings is 1. The van der Waals surface area contributed by atoms with E-state index in [0.717, 1.165) is 5.56 Å². The number of alkyl halides is 3. The molecule has 1 saturated heterocycles. The van der Waals surface area contributed by atoms with Crippen LogP contribution in [0.3, 0.4) is 0 Å². The Morgan fingerprint density at radius 3 is 2.45 bits per heavy atom. The molecule has 0 saturated carbocycles. The molecule has 1 aromatic rings. The van der Waals surface area contributed by atoms with Gasteiger partial charge in [-0.1, -0.05) is 12.1 Å². The number of carbonyl (C=O) groups is 1. The summed E-state index contributed by atoms with van der Waals surface area (Å²) in [5.41, 5.74) is 1.08. The lowest BCUT2D eigenvalue weighted by Gasteiger charge is -2.38. The van der Waals surface area contributed by atoms with Crippen LogP contribution in [-0.2, 0) is 6.54 Å². The number of carboxylic acid groups (broad SMARTS) is 1. The number of nitrogens with zero attached hydrogens (tertiary/aromatic N) is 2. The standard InChI is InChI=1S/C15H19F3N2O2/c1-11(15(16,17)18)20-7-5-19(6-8-20)10-12-3-2-4-13(9-12)14(21)22/h2-4,9,11H,5-8,10H2,1H3,(H,21,22). The molecule has 1 atom stereocenters. The normalized spacial score (nSPS) is 19.1. The Bertz CT molecular complexity index is 526. The molecule has 4 nitrogen and oxygen atoms in total. The maximum absolute atomic E-state index is 12.7. The molecule has 22 heavy (non-hydrogen) atoms. The molecule has 1 aliphatic rings. The molecule has 0 bridgehead atoms. The molecule has 0 amide bonds. The number of halogens is 3. The largest absolute Gasteiger partial charge is 0.478 e. The molecular formula is C15H19F3N2O2. The van der Waals surface area contributed by atoms with Crippen LogP contribution < -0.4 is 0 Å². The van der Waals surface area contributed by atoms with Crippen molar-refractivity contribution in [3.8, 4) is 0 Å². The summed E-state index contributed by atoms with van der Waals surface area (Å²) in [7, 11) is 0. The van der Waals surface area contributed by atoms with Gasteiger partial charge in [-0.15, -0.1) is 0 Å². The molecule has 1 aliphatic heterocycles. The van der Waals surface area contributed by atoms with Gasteiger partial charge in [-0.05, 0) is 24.6 Å². The summed E-state index contributed by atoms with van der Waals surface area (Å²) in [6.07, 6.45) is -4.20. The van der Waals surface area contributed by atoms with E-state index in [2.05, 4.69) is 0 Å². The monoisotopic (exact) mass is 316 g/mol. The summed E-state index contributed by atoms with van der Waals surface area (Å²) in [5, 5.41) is 8.96. The fourth-order valence-corrected chi connectivity index (χ4v) is 2.58. The Morgan fingerprint density at radius 1 is 1.27 bits per heavy atom. The number of carboxylic acids is 1. The van der Waals surface area contributed by atoms with Gasteiger partial charge in [0.15, 0.2) is 0 Å². The zero-order valence-electron chi connectivity index (χ0n) is 12.3. The second-order valence-electron chi connectivity index (χ2n) is 5.54. The van der Waals surface area contributed by atoms with Crippen molar-refractivity contribution in [3.05, 3.63) is 35.4 Å². The average Bonchev–Trinajstić information content (AvgIpc) is 2.46. The first-order valence-corrected chi connectivity index (χ1v) is 7.12. The highest BCUT2D eigenvalue weighted by atomic mass is 19.4. The molecule has 1 fully saturated rings. The number of hydrogen-bond acceptors (Lipinski definition) is 3. The minimum absolute atomic E-state index is 0.224. The summed E-state index contributed by atoms with van der Waals surface area (Å²) >= 11 is 0. The molecule has 0 aromatic heterocycles. The molecule has 0 spiro atoms. The van der Waals surface area contributed by atoms with Gasteiger partial charge in [0.1, 0.15) is 6.04 Å². The van der Waals surface area contributed by atoms with Gasteiger partial charge in [-0.25, -0.2) is 4.79 Å². The van der Waals surface area contributed by atoms with Crippen molar-refractivity contribution < 1.29 is 23.1 Å². The zero-order valence-corrected chi connectivity index (χ0v) is 12.3.